The smallest absolute Gasteiger partial charge is 0.156 e. The summed E-state index contributed by atoms with van der Waals surface area (Å²) < 4.78 is 0. The van der Waals surface area contributed by atoms with Gasteiger partial charge >= 0.3 is 0 Å². The second kappa shape index (κ2) is 7.96. The van der Waals surface area contributed by atoms with E-state index in [2.05, 4.69) is 57.1 Å². The fourth-order valence-electron chi connectivity index (χ4n) is 8.49. The molecule has 2 saturated carbocycles. The lowest BCUT2D eigenvalue weighted by Crippen LogP contribution is -2.50. The fourth-order valence-corrected chi connectivity index (χ4v) is 8.49. The van der Waals surface area contributed by atoms with Gasteiger partial charge in [-0.25, -0.2) is 0 Å². The van der Waals surface area contributed by atoms with Crippen LogP contribution in [0, 0.1) is 22.7 Å². The molecule has 0 unspecified atom stereocenters. The molecule has 176 valence electrons. The van der Waals surface area contributed by atoms with Gasteiger partial charge in [0.1, 0.15) is 5.78 Å². The van der Waals surface area contributed by atoms with E-state index in [9.17, 15) is 9.59 Å². The SMILES string of the molecule is CC[C@]1(C(C)=O)CC[C@H]2[C@@H]3CCC4=CC(=O)CCC4=C3[C@@H](c3ccc(N(C)C)cc3)C[C@@]21C. The first kappa shape index (κ1) is 22.6. The van der Waals surface area contributed by atoms with Crippen LogP contribution in [0.15, 0.2) is 47.1 Å². The summed E-state index contributed by atoms with van der Waals surface area (Å²) in [6, 6.07) is 9.11. The molecule has 0 bridgehead atoms. The van der Waals surface area contributed by atoms with E-state index in [0.717, 1.165) is 44.9 Å². The van der Waals surface area contributed by atoms with Gasteiger partial charge in [-0.1, -0.05) is 31.6 Å². The average Bonchev–Trinajstić information content (AvgIpc) is 3.11. The molecule has 1 aromatic carbocycles. The lowest BCUT2D eigenvalue weighted by Gasteiger charge is -2.56. The van der Waals surface area contributed by atoms with Gasteiger partial charge in [0.15, 0.2) is 5.78 Å². The molecule has 0 amide bonds. The summed E-state index contributed by atoms with van der Waals surface area (Å²) in [5, 5.41) is 0. The molecule has 33 heavy (non-hydrogen) atoms. The van der Waals surface area contributed by atoms with Crippen molar-refractivity contribution < 1.29 is 9.59 Å². The Morgan fingerprint density at radius 1 is 1.09 bits per heavy atom. The molecule has 0 spiro atoms. The van der Waals surface area contributed by atoms with Crippen LogP contribution in [-0.2, 0) is 9.59 Å². The van der Waals surface area contributed by atoms with E-state index >= 15 is 0 Å². The molecule has 0 aromatic heterocycles. The Hall–Kier alpha value is -2.16. The number of fused-ring (bicyclic) bond motifs is 4. The molecule has 5 rings (SSSR count). The fraction of sp³-hybridized carbons (Fsp3) is 0.600. The number of benzene rings is 1. The lowest BCUT2D eigenvalue weighted by atomic mass is 9.48. The number of hydrogen-bond donors (Lipinski definition) is 0. The zero-order valence-electron chi connectivity index (χ0n) is 21.0. The van der Waals surface area contributed by atoms with E-state index < -0.39 is 0 Å². The monoisotopic (exact) mass is 445 g/mol. The van der Waals surface area contributed by atoms with Crippen LogP contribution >= 0.6 is 0 Å². The summed E-state index contributed by atoms with van der Waals surface area (Å²) in [5.74, 6) is 2.13. The van der Waals surface area contributed by atoms with E-state index in [1.807, 2.05) is 13.0 Å². The molecule has 0 N–H and O–H groups in total. The highest BCUT2D eigenvalue weighted by Gasteiger charge is 2.64. The molecule has 3 nitrogen and oxygen atoms in total. The minimum absolute atomic E-state index is 0.0267. The number of carbonyl (C=O) groups is 2. The standard InChI is InChI=1S/C30H39NO2/c1-6-30(19(2)32)16-15-27-25-13-9-21-17-23(33)12-14-24(21)28(25)26(18-29(27,30)3)20-7-10-22(11-8-20)31(4)5/h7-8,10-11,17,25-27H,6,9,12-16,18H2,1-5H3/t25-,26+,27-,29-,30+/m0/s1. The molecular formula is C30H39NO2. The number of carbonyl (C=O) groups excluding carboxylic acids is 2. The van der Waals surface area contributed by atoms with Crippen molar-refractivity contribution in [2.75, 3.05) is 19.0 Å². The van der Waals surface area contributed by atoms with Crippen LogP contribution in [0.5, 0.6) is 0 Å². The van der Waals surface area contributed by atoms with Crippen molar-refractivity contribution in [3.8, 4) is 0 Å². The summed E-state index contributed by atoms with van der Waals surface area (Å²) in [6.45, 7) is 6.53. The van der Waals surface area contributed by atoms with Crippen LogP contribution in [0.25, 0.3) is 0 Å². The molecule has 5 atom stereocenters. The van der Waals surface area contributed by atoms with Gasteiger partial charge < -0.3 is 4.90 Å². The third-order valence-electron chi connectivity index (χ3n) is 10.2. The summed E-state index contributed by atoms with van der Waals surface area (Å²) in [7, 11) is 4.17. The number of anilines is 1. The summed E-state index contributed by atoms with van der Waals surface area (Å²) in [6.07, 6.45) is 9.83. The molecule has 2 fully saturated rings. The third kappa shape index (κ3) is 3.21. The van der Waals surface area contributed by atoms with E-state index in [4.69, 9.17) is 0 Å². The predicted molar refractivity (Wildman–Crippen MR) is 134 cm³/mol. The lowest BCUT2D eigenvalue weighted by molar-refractivity contribution is -0.136. The number of hydrogen-bond acceptors (Lipinski definition) is 3. The summed E-state index contributed by atoms with van der Waals surface area (Å²) in [5.41, 5.74) is 6.84. The second-order valence-corrected chi connectivity index (χ2v) is 11.5. The average molecular weight is 446 g/mol. The summed E-state index contributed by atoms with van der Waals surface area (Å²) in [4.78, 5) is 27.6. The van der Waals surface area contributed by atoms with Crippen molar-refractivity contribution in [1.29, 1.82) is 0 Å². The maximum Gasteiger partial charge on any atom is 0.156 e. The molecule has 0 radical (unpaired) electrons. The number of rotatable bonds is 4. The van der Waals surface area contributed by atoms with Crippen molar-refractivity contribution in [3.63, 3.8) is 0 Å². The Kier molecular flexibility index (Phi) is 5.46. The van der Waals surface area contributed by atoms with Crippen molar-refractivity contribution >= 4 is 17.3 Å². The second-order valence-electron chi connectivity index (χ2n) is 11.5. The van der Waals surface area contributed by atoms with Crippen molar-refractivity contribution in [1.82, 2.24) is 0 Å². The van der Waals surface area contributed by atoms with Gasteiger partial charge in [-0.15, -0.1) is 0 Å². The van der Waals surface area contributed by atoms with Crippen LogP contribution in [0.3, 0.4) is 0 Å². The first-order valence-electron chi connectivity index (χ1n) is 13.0. The molecule has 4 aliphatic carbocycles. The van der Waals surface area contributed by atoms with Gasteiger partial charge in [0.2, 0.25) is 0 Å². The normalized spacial score (nSPS) is 35.5. The summed E-state index contributed by atoms with van der Waals surface area (Å²) >= 11 is 0. The van der Waals surface area contributed by atoms with Gasteiger partial charge in [0.25, 0.3) is 0 Å². The van der Waals surface area contributed by atoms with Gasteiger partial charge in [-0.05, 0) is 104 Å². The Bertz CT molecular complexity index is 1050. The first-order valence-corrected chi connectivity index (χ1v) is 13.0. The highest BCUT2D eigenvalue weighted by Crippen LogP contribution is 2.70. The van der Waals surface area contributed by atoms with E-state index in [0.29, 0.717) is 35.7 Å². The number of ketones is 2. The molecule has 3 heteroatoms. The topological polar surface area (TPSA) is 37.4 Å². The van der Waals surface area contributed by atoms with Crippen LogP contribution in [0.4, 0.5) is 5.69 Å². The van der Waals surface area contributed by atoms with E-state index in [1.165, 1.54) is 22.4 Å². The van der Waals surface area contributed by atoms with Crippen LogP contribution in [0.1, 0.15) is 83.6 Å². The van der Waals surface area contributed by atoms with Crippen LogP contribution in [0.2, 0.25) is 0 Å². The Morgan fingerprint density at radius 2 is 1.82 bits per heavy atom. The van der Waals surface area contributed by atoms with Gasteiger partial charge in [-0.3, -0.25) is 9.59 Å². The maximum atomic E-state index is 13.2. The van der Waals surface area contributed by atoms with Gasteiger partial charge in [0, 0.05) is 37.5 Å². The zero-order chi connectivity index (χ0) is 23.5. The largest absolute Gasteiger partial charge is 0.378 e. The minimum atomic E-state index is -0.200. The molecular weight excluding hydrogens is 406 g/mol. The maximum absolute atomic E-state index is 13.2. The van der Waals surface area contributed by atoms with Crippen LogP contribution in [-0.4, -0.2) is 25.7 Å². The Morgan fingerprint density at radius 3 is 2.45 bits per heavy atom. The third-order valence-corrected chi connectivity index (χ3v) is 10.2. The predicted octanol–water partition coefficient (Wildman–Crippen LogP) is 6.64. The van der Waals surface area contributed by atoms with Crippen molar-refractivity contribution in [2.45, 2.75) is 78.1 Å². The molecule has 4 aliphatic rings. The number of allylic oxidation sites excluding steroid dienone is 4. The number of nitrogens with zero attached hydrogens (tertiary/aromatic N) is 1. The minimum Gasteiger partial charge on any atom is -0.378 e. The highest BCUT2D eigenvalue weighted by atomic mass is 16.1. The molecule has 0 aliphatic heterocycles. The van der Waals surface area contributed by atoms with Crippen molar-refractivity contribution in [2.24, 2.45) is 22.7 Å². The van der Waals surface area contributed by atoms with Crippen LogP contribution < -0.4 is 4.90 Å². The number of Topliss-reactive ketones (excluding diaryl/α,β-unsaturated/α-hetero) is 1. The molecule has 1 aromatic rings. The van der Waals surface area contributed by atoms with E-state index in [1.54, 1.807) is 5.57 Å². The zero-order valence-corrected chi connectivity index (χ0v) is 21.0. The van der Waals surface area contributed by atoms with Crippen molar-refractivity contribution in [3.05, 3.63) is 52.6 Å². The molecule has 0 saturated heterocycles. The first-order chi connectivity index (χ1) is 15.7. The quantitative estimate of drug-likeness (QED) is 0.521. The Balaban J connectivity index is 1.68. The van der Waals surface area contributed by atoms with Gasteiger partial charge in [0.05, 0.1) is 0 Å². The highest BCUT2D eigenvalue weighted by molar-refractivity contribution is 5.93. The Labute approximate surface area is 199 Å². The van der Waals surface area contributed by atoms with Gasteiger partial charge in [-0.2, -0.15) is 0 Å². The van der Waals surface area contributed by atoms with E-state index in [-0.39, 0.29) is 10.8 Å². The molecule has 0 heterocycles.